The summed E-state index contributed by atoms with van der Waals surface area (Å²) in [6.45, 7) is 2.28. The highest BCUT2D eigenvalue weighted by Gasteiger charge is 2.33. The highest BCUT2D eigenvalue weighted by molar-refractivity contribution is 9.09. The van der Waals surface area contributed by atoms with Gasteiger partial charge in [-0.1, -0.05) is 15.9 Å². The topological polar surface area (TPSA) is 58.6 Å². The summed E-state index contributed by atoms with van der Waals surface area (Å²) in [7, 11) is -3.30. The molecule has 0 aromatic rings. The van der Waals surface area contributed by atoms with E-state index in [1.165, 1.54) is 4.31 Å². The van der Waals surface area contributed by atoms with Crippen molar-refractivity contribution in [2.24, 2.45) is 0 Å². The summed E-state index contributed by atoms with van der Waals surface area (Å²) in [6, 6.07) is -0.143. The van der Waals surface area contributed by atoms with Gasteiger partial charge in [-0.15, -0.1) is 0 Å². The number of nitrogens with one attached hydrogen (secondary N) is 1. The van der Waals surface area contributed by atoms with E-state index in [9.17, 15) is 8.42 Å². The molecule has 0 spiro atoms. The van der Waals surface area contributed by atoms with E-state index < -0.39 is 10.2 Å². The largest absolute Gasteiger partial charge is 0.379 e. The van der Waals surface area contributed by atoms with Crippen molar-refractivity contribution in [2.45, 2.75) is 23.7 Å². The zero-order valence-corrected chi connectivity index (χ0v) is 10.8. The Bertz CT molecular complexity index is 316. The molecule has 2 saturated heterocycles. The first-order chi connectivity index (χ1) is 7.09. The van der Waals surface area contributed by atoms with Gasteiger partial charge in [-0.2, -0.15) is 17.4 Å². The summed E-state index contributed by atoms with van der Waals surface area (Å²) < 4.78 is 33.1. The van der Waals surface area contributed by atoms with Gasteiger partial charge in [0.15, 0.2) is 0 Å². The molecule has 1 N–H and O–H groups in total. The number of rotatable bonds is 3. The fourth-order valence-corrected chi connectivity index (χ4v) is 3.98. The lowest BCUT2D eigenvalue weighted by Crippen LogP contribution is -2.47. The van der Waals surface area contributed by atoms with Crippen molar-refractivity contribution in [3.8, 4) is 0 Å². The Hall–Kier alpha value is 0.310. The normalized spacial score (nSPS) is 33.7. The van der Waals surface area contributed by atoms with E-state index in [0.717, 1.165) is 12.8 Å². The Morgan fingerprint density at radius 1 is 1.27 bits per heavy atom. The molecule has 7 heteroatoms. The summed E-state index contributed by atoms with van der Waals surface area (Å²) in [5.74, 6) is 0. The molecule has 0 amide bonds. The summed E-state index contributed by atoms with van der Waals surface area (Å²) in [6.07, 6.45) is 1.92. The molecule has 2 heterocycles. The van der Waals surface area contributed by atoms with Crippen molar-refractivity contribution in [3.05, 3.63) is 0 Å². The Morgan fingerprint density at radius 3 is 2.47 bits per heavy atom. The first-order valence-electron chi connectivity index (χ1n) is 5.09. The van der Waals surface area contributed by atoms with Crippen LogP contribution in [0, 0.1) is 0 Å². The van der Waals surface area contributed by atoms with Crippen LogP contribution >= 0.6 is 15.9 Å². The van der Waals surface area contributed by atoms with Crippen molar-refractivity contribution in [1.29, 1.82) is 0 Å². The standard InChI is InChI=1S/C8H15BrN2O3S/c9-7-5-14-6-8(7)10-15(12,13)11-3-1-2-4-11/h7-8,10H,1-6H2. The first-order valence-corrected chi connectivity index (χ1v) is 7.44. The van der Waals surface area contributed by atoms with Gasteiger partial charge < -0.3 is 4.74 Å². The third kappa shape index (κ3) is 2.71. The number of ether oxygens (including phenoxy) is 1. The molecular weight excluding hydrogens is 284 g/mol. The Morgan fingerprint density at radius 2 is 1.93 bits per heavy atom. The van der Waals surface area contributed by atoms with E-state index in [-0.39, 0.29) is 10.9 Å². The zero-order valence-electron chi connectivity index (χ0n) is 8.36. The highest BCUT2D eigenvalue weighted by atomic mass is 79.9. The molecule has 0 aliphatic carbocycles. The van der Waals surface area contributed by atoms with Crippen LogP contribution in [0.2, 0.25) is 0 Å². The van der Waals surface area contributed by atoms with Crippen LogP contribution < -0.4 is 4.72 Å². The van der Waals surface area contributed by atoms with Crippen LogP contribution in [0.15, 0.2) is 0 Å². The average Bonchev–Trinajstić information content (AvgIpc) is 2.77. The smallest absolute Gasteiger partial charge is 0.279 e. The molecule has 0 aromatic carbocycles. The number of hydrogen-bond donors (Lipinski definition) is 1. The van der Waals surface area contributed by atoms with Crippen LogP contribution in [0.1, 0.15) is 12.8 Å². The molecular formula is C8H15BrN2O3S. The average molecular weight is 299 g/mol. The van der Waals surface area contributed by atoms with Gasteiger partial charge in [0.25, 0.3) is 10.2 Å². The Kier molecular flexibility index (Phi) is 3.67. The highest BCUT2D eigenvalue weighted by Crippen LogP contribution is 2.17. The van der Waals surface area contributed by atoms with E-state index in [0.29, 0.717) is 26.3 Å². The molecule has 2 atom stereocenters. The van der Waals surface area contributed by atoms with Crippen molar-refractivity contribution >= 4 is 26.1 Å². The Balaban J connectivity index is 1.97. The van der Waals surface area contributed by atoms with E-state index in [2.05, 4.69) is 20.7 Å². The fraction of sp³-hybridized carbons (Fsp3) is 1.00. The van der Waals surface area contributed by atoms with Gasteiger partial charge in [-0.25, -0.2) is 0 Å². The maximum Gasteiger partial charge on any atom is 0.279 e. The second kappa shape index (κ2) is 4.67. The fourth-order valence-electron chi connectivity index (χ4n) is 1.83. The molecule has 2 aliphatic rings. The predicted octanol–water partition coefficient (Wildman–Crippen LogP) is 0.0789. The van der Waals surface area contributed by atoms with Gasteiger partial charge in [-0.3, -0.25) is 0 Å². The molecule has 15 heavy (non-hydrogen) atoms. The van der Waals surface area contributed by atoms with Gasteiger partial charge in [0, 0.05) is 13.1 Å². The van der Waals surface area contributed by atoms with Crippen molar-refractivity contribution in [2.75, 3.05) is 26.3 Å². The lowest BCUT2D eigenvalue weighted by Gasteiger charge is -2.20. The van der Waals surface area contributed by atoms with Crippen LogP contribution in [0.5, 0.6) is 0 Å². The minimum Gasteiger partial charge on any atom is -0.379 e. The van der Waals surface area contributed by atoms with Crippen molar-refractivity contribution < 1.29 is 13.2 Å². The molecule has 0 saturated carbocycles. The molecule has 0 radical (unpaired) electrons. The van der Waals surface area contributed by atoms with Crippen LogP contribution in [0.25, 0.3) is 0 Å². The third-order valence-corrected chi connectivity index (χ3v) is 5.26. The van der Waals surface area contributed by atoms with Gasteiger partial charge in [-0.05, 0) is 12.8 Å². The maximum absolute atomic E-state index is 11.9. The minimum absolute atomic E-state index is 0.0786. The molecule has 2 fully saturated rings. The molecule has 2 unspecified atom stereocenters. The summed E-state index contributed by atoms with van der Waals surface area (Å²) in [4.78, 5) is 0.0786. The van der Waals surface area contributed by atoms with Crippen molar-refractivity contribution in [1.82, 2.24) is 9.03 Å². The molecule has 5 nitrogen and oxygen atoms in total. The van der Waals surface area contributed by atoms with Gasteiger partial charge in [0.05, 0.1) is 24.1 Å². The van der Waals surface area contributed by atoms with Crippen LogP contribution in [-0.2, 0) is 14.9 Å². The SMILES string of the molecule is O=S(=O)(NC1COCC1Br)N1CCCC1. The summed E-state index contributed by atoms with van der Waals surface area (Å²) in [5.41, 5.74) is 0. The monoisotopic (exact) mass is 298 g/mol. The third-order valence-electron chi connectivity index (χ3n) is 2.72. The van der Waals surface area contributed by atoms with Gasteiger partial charge in [0.2, 0.25) is 0 Å². The van der Waals surface area contributed by atoms with E-state index >= 15 is 0 Å². The van der Waals surface area contributed by atoms with Crippen molar-refractivity contribution in [3.63, 3.8) is 0 Å². The lowest BCUT2D eigenvalue weighted by molar-refractivity contribution is 0.193. The second-order valence-electron chi connectivity index (χ2n) is 3.89. The molecule has 0 aromatic heterocycles. The first kappa shape index (κ1) is 11.8. The number of hydrogen-bond acceptors (Lipinski definition) is 3. The summed E-state index contributed by atoms with van der Waals surface area (Å²) >= 11 is 3.40. The minimum atomic E-state index is -3.30. The quantitative estimate of drug-likeness (QED) is 0.751. The molecule has 2 rings (SSSR count). The molecule has 2 aliphatic heterocycles. The Labute approximate surface area is 98.5 Å². The zero-order chi connectivity index (χ0) is 10.9. The predicted molar refractivity (Wildman–Crippen MR) is 60.2 cm³/mol. The van der Waals surface area contributed by atoms with E-state index in [4.69, 9.17) is 4.74 Å². The van der Waals surface area contributed by atoms with E-state index in [1.807, 2.05) is 0 Å². The summed E-state index contributed by atoms with van der Waals surface area (Å²) in [5, 5.41) is 0. The maximum atomic E-state index is 11.9. The molecule has 88 valence electrons. The molecule has 0 bridgehead atoms. The van der Waals surface area contributed by atoms with Gasteiger partial charge in [0.1, 0.15) is 0 Å². The lowest BCUT2D eigenvalue weighted by atomic mass is 10.3. The number of halogens is 1. The second-order valence-corrected chi connectivity index (χ2v) is 6.77. The van der Waals surface area contributed by atoms with Crippen LogP contribution in [0.4, 0.5) is 0 Å². The van der Waals surface area contributed by atoms with Crippen LogP contribution in [-0.4, -0.2) is 49.9 Å². The van der Waals surface area contributed by atoms with Crippen LogP contribution in [0.3, 0.4) is 0 Å². The number of alkyl halides is 1. The van der Waals surface area contributed by atoms with Gasteiger partial charge >= 0.3 is 0 Å². The van der Waals surface area contributed by atoms with E-state index in [1.54, 1.807) is 0 Å². The number of nitrogens with zero attached hydrogens (tertiary/aromatic N) is 1.